The summed E-state index contributed by atoms with van der Waals surface area (Å²) in [5, 5.41) is 9.92. The van der Waals surface area contributed by atoms with Crippen molar-refractivity contribution in [3.63, 3.8) is 0 Å². The molecule has 0 saturated carbocycles. The van der Waals surface area contributed by atoms with E-state index in [9.17, 15) is 5.26 Å². The molecule has 0 aliphatic carbocycles. The highest BCUT2D eigenvalue weighted by atomic mass is 16.5. The molecule has 4 nitrogen and oxygen atoms in total. The van der Waals surface area contributed by atoms with Crippen molar-refractivity contribution in [3.8, 4) is 6.07 Å². The quantitative estimate of drug-likeness (QED) is 0.833. The van der Waals surface area contributed by atoms with Crippen LogP contribution in [0.5, 0.6) is 0 Å². The molecule has 0 aromatic heterocycles. The minimum Gasteiger partial charge on any atom is -0.440 e. The molecule has 2 aromatic carbocycles. The number of nitrogens with two attached hydrogens (primary N) is 1. The van der Waals surface area contributed by atoms with Gasteiger partial charge >= 0.3 is 0 Å². The SMILES string of the molecule is CC[NH+]1CC2=C(OC(N)=C(C#N)[C@@H]2c2ccccc2C)/C(=C/c2ccccc2C)C1. The smallest absolute Gasteiger partial charge is 0.205 e. The van der Waals surface area contributed by atoms with Crippen LogP contribution in [0.15, 0.2) is 76.9 Å². The van der Waals surface area contributed by atoms with Gasteiger partial charge in [0.1, 0.15) is 30.5 Å². The number of hydrogen-bond donors (Lipinski definition) is 2. The van der Waals surface area contributed by atoms with Gasteiger partial charge in [-0.3, -0.25) is 0 Å². The number of rotatable bonds is 3. The molecule has 0 fully saturated rings. The van der Waals surface area contributed by atoms with Crippen LogP contribution in [-0.2, 0) is 4.74 Å². The molecule has 0 spiro atoms. The van der Waals surface area contributed by atoms with Crippen molar-refractivity contribution < 1.29 is 9.64 Å². The summed E-state index contributed by atoms with van der Waals surface area (Å²) < 4.78 is 6.14. The highest BCUT2D eigenvalue weighted by Crippen LogP contribution is 2.42. The Morgan fingerprint density at radius 1 is 1.10 bits per heavy atom. The van der Waals surface area contributed by atoms with Crippen LogP contribution in [0.1, 0.15) is 35.1 Å². The van der Waals surface area contributed by atoms with Gasteiger partial charge in [-0.15, -0.1) is 0 Å². The molecule has 0 saturated heterocycles. The zero-order valence-electron chi connectivity index (χ0n) is 17.8. The number of allylic oxidation sites excluding steroid dienone is 1. The fraction of sp³-hybridized carbons (Fsp3) is 0.269. The Bertz CT molecular complexity index is 1120. The predicted octanol–water partition coefficient (Wildman–Crippen LogP) is 3.37. The van der Waals surface area contributed by atoms with E-state index in [0.717, 1.165) is 47.7 Å². The fourth-order valence-corrected chi connectivity index (χ4v) is 4.49. The highest BCUT2D eigenvalue weighted by molar-refractivity contribution is 5.64. The molecule has 2 atom stereocenters. The molecule has 2 heterocycles. The third-order valence-electron chi connectivity index (χ3n) is 6.22. The lowest BCUT2D eigenvalue weighted by Gasteiger charge is -2.36. The molecule has 2 aromatic rings. The van der Waals surface area contributed by atoms with E-state index < -0.39 is 0 Å². The Hall–Kier alpha value is -3.29. The van der Waals surface area contributed by atoms with Gasteiger partial charge < -0.3 is 15.4 Å². The van der Waals surface area contributed by atoms with E-state index in [2.05, 4.69) is 69.3 Å². The van der Waals surface area contributed by atoms with E-state index in [1.54, 1.807) is 0 Å². The van der Waals surface area contributed by atoms with Gasteiger partial charge in [0.15, 0.2) is 0 Å². The van der Waals surface area contributed by atoms with Crippen molar-refractivity contribution in [2.75, 3.05) is 19.6 Å². The van der Waals surface area contributed by atoms with Gasteiger partial charge in [0.25, 0.3) is 0 Å². The van der Waals surface area contributed by atoms with E-state index >= 15 is 0 Å². The third-order valence-corrected chi connectivity index (χ3v) is 6.22. The van der Waals surface area contributed by atoms with Gasteiger partial charge in [0, 0.05) is 11.1 Å². The van der Waals surface area contributed by atoms with Gasteiger partial charge in [0.05, 0.1) is 12.5 Å². The van der Waals surface area contributed by atoms with E-state index in [4.69, 9.17) is 10.5 Å². The summed E-state index contributed by atoms with van der Waals surface area (Å²) in [6, 6.07) is 18.9. The molecule has 152 valence electrons. The maximum Gasteiger partial charge on any atom is 0.205 e. The average molecular weight is 399 g/mol. The second-order valence-corrected chi connectivity index (χ2v) is 8.12. The maximum absolute atomic E-state index is 9.92. The number of likely N-dealkylation sites (N-methyl/N-ethyl adjacent to an activating group) is 1. The molecule has 1 unspecified atom stereocenters. The first-order valence-corrected chi connectivity index (χ1v) is 10.5. The van der Waals surface area contributed by atoms with Crippen LogP contribution in [0.2, 0.25) is 0 Å². The van der Waals surface area contributed by atoms with Crippen LogP contribution in [-0.4, -0.2) is 19.6 Å². The number of nitrogens with one attached hydrogen (secondary N) is 1. The van der Waals surface area contributed by atoms with Crippen LogP contribution in [0.25, 0.3) is 6.08 Å². The molecule has 0 bridgehead atoms. The predicted molar refractivity (Wildman–Crippen MR) is 119 cm³/mol. The first-order chi connectivity index (χ1) is 14.5. The fourth-order valence-electron chi connectivity index (χ4n) is 4.49. The summed E-state index contributed by atoms with van der Waals surface area (Å²) in [5.41, 5.74) is 13.8. The van der Waals surface area contributed by atoms with Crippen molar-refractivity contribution in [3.05, 3.63) is 99.1 Å². The lowest BCUT2D eigenvalue weighted by Crippen LogP contribution is -3.12. The number of ether oxygens (including phenoxy) is 1. The minimum atomic E-state index is -0.165. The van der Waals surface area contributed by atoms with Crippen molar-refractivity contribution in [1.29, 1.82) is 5.26 Å². The summed E-state index contributed by atoms with van der Waals surface area (Å²) in [5.74, 6) is 0.905. The molecular weight excluding hydrogens is 370 g/mol. The Kier molecular flexibility index (Phi) is 5.48. The van der Waals surface area contributed by atoms with Gasteiger partial charge in [-0.05, 0) is 49.1 Å². The standard InChI is InChI=1S/C26H27N3O/c1-4-29-15-20(13-19-11-7-5-9-17(19)2)25-23(16-29)24(22(14-27)26(28)30-25)21-12-8-6-10-18(21)3/h5-13,24H,4,15-16,28H2,1-3H3/p+1/b20-13+/t24-/m0/s1. The zero-order chi connectivity index (χ0) is 21.3. The molecule has 3 N–H and O–H groups in total. The number of nitrogens with zero attached hydrogens (tertiary/aromatic N) is 1. The number of quaternary nitrogens is 1. The summed E-state index contributed by atoms with van der Waals surface area (Å²) in [6.45, 7) is 9.13. The van der Waals surface area contributed by atoms with E-state index in [1.807, 2.05) is 12.1 Å². The van der Waals surface area contributed by atoms with Crippen molar-refractivity contribution in [2.24, 2.45) is 5.73 Å². The molecule has 0 radical (unpaired) electrons. The van der Waals surface area contributed by atoms with Gasteiger partial charge in [0.2, 0.25) is 5.88 Å². The number of nitriles is 1. The Labute approximate surface area is 178 Å². The molecule has 4 heteroatoms. The molecular formula is C26H28N3O+. The highest BCUT2D eigenvalue weighted by Gasteiger charge is 2.39. The van der Waals surface area contributed by atoms with Crippen LogP contribution >= 0.6 is 0 Å². The topological polar surface area (TPSA) is 63.5 Å². The largest absolute Gasteiger partial charge is 0.440 e. The summed E-state index contributed by atoms with van der Waals surface area (Å²) >= 11 is 0. The van der Waals surface area contributed by atoms with Gasteiger partial charge in [-0.2, -0.15) is 5.26 Å². The van der Waals surface area contributed by atoms with Crippen molar-refractivity contribution in [2.45, 2.75) is 26.7 Å². The molecule has 30 heavy (non-hydrogen) atoms. The molecule has 2 aliphatic heterocycles. The monoisotopic (exact) mass is 398 g/mol. The van der Waals surface area contributed by atoms with Crippen LogP contribution in [0, 0.1) is 25.2 Å². The molecule has 0 amide bonds. The lowest BCUT2D eigenvalue weighted by atomic mass is 9.78. The maximum atomic E-state index is 9.92. The van der Waals surface area contributed by atoms with Gasteiger partial charge in [-0.1, -0.05) is 48.5 Å². The van der Waals surface area contributed by atoms with E-state index in [0.29, 0.717) is 5.57 Å². The van der Waals surface area contributed by atoms with Crippen LogP contribution < -0.4 is 10.6 Å². The average Bonchev–Trinajstić information content (AvgIpc) is 2.75. The number of hydrogen-bond acceptors (Lipinski definition) is 3. The lowest BCUT2D eigenvalue weighted by molar-refractivity contribution is -0.890. The third kappa shape index (κ3) is 3.53. The molecule has 2 aliphatic rings. The summed E-state index contributed by atoms with van der Waals surface area (Å²) in [6.07, 6.45) is 2.22. The van der Waals surface area contributed by atoms with Gasteiger partial charge in [-0.25, -0.2) is 0 Å². The van der Waals surface area contributed by atoms with E-state index in [1.165, 1.54) is 16.0 Å². The van der Waals surface area contributed by atoms with E-state index in [-0.39, 0.29) is 11.8 Å². The number of benzene rings is 2. The summed E-state index contributed by atoms with van der Waals surface area (Å²) in [7, 11) is 0. The normalized spacial score (nSPS) is 22.5. The summed E-state index contributed by atoms with van der Waals surface area (Å²) in [4.78, 5) is 1.45. The Balaban J connectivity index is 1.92. The number of aryl methyl sites for hydroxylation is 2. The van der Waals surface area contributed by atoms with Crippen molar-refractivity contribution in [1.82, 2.24) is 0 Å². The zero-order valence-corrected chi connectivity index (χ0v) is 17.8. The first-order valence-electron chi connectivity index (χ1n) is 10.5. The second-order valence-electron chi connectivity index (χ2n) is 8.12. The second kappa shape index (κ2) is 8.22. The first kappa shape index (κ1) is 20.0. The van der Waals surface area contributed by atoms with Crippen LogP contribution in [0.3, 0.4) is 0 Å². The van der Waals surface area contributed by atoms with Crippen molar-refractivity contribution >= 4 is 6.08 Å². The Morgan fingerprint density at radius 2 is 1.80 bits per heavy atom. The molecule has 4 rings (SSSR count). The Morgan fingerprint density at radius 3 is 2.47 bits per heavy atom. The van der Waals surface area contributed by atoms with Crippen LogP contribution in [0.4, 0.5) is 0 Å². The minimum absolute atomic E-state index is 0.165.